The zero-order chi connectivity index (χ0) is 14.4. The van der Waals surface area contributed by atoms with Gasteiger partial charge in [0.25, 0.3) is 5.91 Å². The first kappa shape index (κ1) is 14.5. The first-order valence-electron chi connectivity index (χ1n) is 6.61. The van der Waals surface area contributed by atoms with Crippen LogP contribution in [0.4, 0.5) is 5.13 Å². The molecule has 0 aliphatic heterocycles. The zero-order valence-electron chi connectivity index (χ0n) is 11.6. The molecule has 2 rings (SSSR count). The van der Waals surface area contributed by atoms with E-state index in [1.54, 1.807) is 0 Å². The van der Waals surface area contributed by atoms with Gasteiger partial charge in [-0.3, -0.25) is 4.79 Å². The van der Waals surface area contributed by atoms with Gasteiger partial charge in [0.1, 0.15) is 0 Å². The molecule has 106 valence electrons. The van der Waals surface area contributed by atoms with Crippen LogP contribution < -0.4 is 10.6 Å². The standard InChI is InChI=1S/C14H18N4OS/c1-3-15-14-18-17-13(20-14)12(19)16-9-10(2)11-7-5-4-6-8-11/h4-8,10H,3,9H2,1-2H3,(H,15,18)(H,16,19). The largest absolute Gasteiger partial charge is 0.360 e. The third-order valence-electron chi connectivity index (χ3n) is 2.88. The van der Waals surface area contributed by atoms with E-state index in [2.05, 4.69) is 39.9 Å². The summed E-state index contributed by atoms with van der Waals surface area (Å²) in [6.07, 6.45) is 0. The van der Waals surface area contributed by atoms with Crippen molar-refractivity contribution in [3.05, 3.63) is 40.9 Å². The minimum atomic E-state index is -0.172. The van der Waals surface area contributed by atoms with Gasteiger partial charge in [-0.05, 0) is 18.4 Å². The molecule has 0 bridgehead atoms. The average molecular weight is 290 g/mol. The Morgan fingerprint density at radius 3 is 2.75 bits per heavy atom. The maximum Gasteiger partial charge on any atom is 0.282 e. The highest BCUT2D eigenvalue weighted by Gasteiger charge is 2.13. The molecule has 1 aromatic heterocycles. The lowest BCUT2D eigenvalue weighted by Crippen LogP contribution is -2.27. The van der Waals surface area contributed by atoms with Gasteiger partial charge in [0.05, 0.1) is 0 Å². The smallest absolute Gasteiger partial charge is 0.282 e. The topological polar surface area (TPSA) is 66.9 Å². The lowest BCUT2D eigenvalue weighted by molar-refractivity contribution is 0.0950. The molecule has 0 aliphatic rings. The summed E-state index contributed by atoms with van der Waals surface area (Å²) in [5, 5.41) is 14.8. The van der Waals surface area contributed by atoms with E-state index in [9.17, 15) is 4.79 Å². The first-order valence-corrected chi connectivity index (χ1v) is 7.43. The van der Waals surface area contributed by atoms with E-state index < -0.39 is 0 Å². The molecule has 0 saturated carbocycles. The molecule has 1 unspecified atom stereocenters. The number of carbonyl (C=O) groups is 1. The van der Waals surface area contributed by atoms with Crippen molar-refractivity contribution >= 4 is 22.4 Å². The van der Waals surface area contributed by atoms with E-state index in [-0.39, 0.29) is 11.8 Å². The number of benzene rings is 1. The Morgan fingerprint density at radius 2 is 2.05 bits per heavy atom. The zero-order valence-corrected chi connectivity index (χ0v) is 12.4. The van der Waals surface area contributed by atoms with Gasteiger partial charge in [0.2, 0.25) is 10.1 Å². The van der Waals surface area contributed by atoms with E-state index in [1.807, 2.05) is 25.1 Å². The molecule has 0 aliphatic carbocycles. The van der Waals surface area contributed by atoms with Crippen molar-refractivity contribution in [1.82, 2.24) is 15.5 Å². The predicted molar refractivity (Wildman–Crippen MR) is 81.3 cm³/mol. The molecule has 5 nitrogen and oxygen atoms in total. The van der Waals surface area contributed by atoms with Crippen molar-refractivity contribution in [2.75, 3.05) is 18.4 Å². The van der Waals surface area contributed by atoms with E-state index in [1.165, 1.54) is 16.9 Å². The Labute approximate surface area is 122 Å². The number of aromatic nitrogens is 2. The third-order valence-corrected chi connectivity index (χ3v) is 3.76. The molecule has 1 atom stereocenters. The Morgan fingerprint density at radius 1 is 1.30 bits per heavy atom. The molecule has 0 saturated heterocycles. The molecule has 0 fully saturated rings. The van der Waals surface area contributed by atoms with Gasteiger partial charge in [0, 0.05) is 13.1 Å². The minimum Gasteiger partial charge on any atom is -0.360 e. The van der Waals surface area contributed by atoms with Gasteiger partial charge in [0.15, 0.2) is 0 Å². The van der Waals surface area contributed by atoms with Crippen LogP contribution in [0.2, 0.25) is 0 Å². The number of carbonyl (C=O) groups excluding carboxylic acids is 1. The lowest BCUT2D eigenvalue weighted by atomic mass is 10.0. The Hall–Kier alpha value is -1.95. The summed E-state index contributed by atoms with van der Waals surface area (Å²) < 4.78 is 0. The number of anilines is 1. The maximum atomic E-state index is 12.0. The minimum absolute atomic E-state index is 0.172. The van der Waals surface area contributed by atoms with E-state index in [0.717, 1.165) is 6.54 Å². The summed E-state index contributed by atoms with van der Waals surface area (Å²) in [7, 11) is 0. The number of nitrogens with zero attached hydrogens (tertiary/aromatic N) is 2. The van der Waals surface area contributed by atoms with Gasteiger partial charge in [-0.1, -0.05) is 48.6 Å². The van der Waals surface area contributed by atoms with Crippen LogP contribution in [0.3, 0.4) is 0 Å². The molecule has 2 N–H and O–H groups in total. The fourth-order valence-corrected chi connectivity index (χ4v) is 2.49. The lowest BCUT2D eigenvalue weighted by Gasteiger charge is -2.11. The number of nitrogens with one attached hydrogen (secondary N) is 2. The van der Waals surface area contributed by atoms with Crippen LogP contribution in [0.15, 0.2) is 30.3 Å². The van der Waals surface area contributed by atoms with Crippen molar-refractivity contribution < 1.29 is 4.79 Å². The van der Waals surface area contributed by atoms with Gasteiger partial charge >= 0.3 is 0 Å². The molecule has 6 heteroatoms. The second-order valence-corrected chi connectivity index (χ2v) is 5.44. The Balaban J connectivity index is 1.88. The normalized spacial score (nSPS) is 11.9. The molecular weight excluding hydrogens is 272 g/mol. The summed E-state index contributed by atoms with van der Waals surface area (Å²) in [5.41, 5.74) is 1.21. The van der Waals surface area contributed by atoms with E-state index in [0.29, 0.717) is 16.7 Å². The van der Waals surface area contributed by atoms with Crippen molar-refractivity contribution in [3.63, 3.8) is 0 Å². The summed E-state index contributed by atoms with van der Waals surface area (Å²) in [5.74, 6) is 0.0933. The van der Waals surface area contributed by atoms with Crippen molar-refractivity contribution in [2.24, 2.45) is 0 Å². The highest BCUT2D eigenvalue weighted by molar-refractivity contribution is 7.17. The molecule has 2 aromatic rings. The molecular formula is C14H18N4OS. The quantitative estimate of drug-likeness (QED) is 0.858. The molecule has 0 spiro atoms. The van der Waals surface area contributed by atoms with Crippen LogP contribution in [0.1, 0.15) is 35.1 Å². The summed E-state index contributed by atoms with van der Waals surface area (Å²) >= 11 is 1.27. The maximum absolute atomic E-state index is 12.0. The van der Waals surface area contributed by atoms with Gasteiger partial charge in [-0.15, -0.1) is 10.2 Å². The highest BCUT2D eigenvalue weighted by Crippen LogP contribution is 2.16. The van der Waals surface area contributed by atoms with Gasteiger partial charge < -0.3 is 10.6 Å². The molecule has 1 aromatic carbocycles. The molecule has 1 amide bonds. The summed E-state index contributed by atoms with van der Waals surface area (Å²) in [6.45, 7) is 5.41. The Bertz CT molecular complexity index is 555. The van der Waals surface area contributed by atoms with Crippen LogP contribution >= 0.6 is 11.3 Å². The Kier molecular flexibility index (Phi) is 5.06. The van der Waals surface area contributed by atoms with Crippen LogP contribution in [0, 0.1) is 0 Å². The van der Waals surface area contributed by atoms with E-state index >= 15 is 0 Å². The van der Waals surface area contributed by atoms with Crippen molar-refractivity contribution in [2.45, 2.75) is 19.8 Å². The monoisotopic (exact) mass is 290 g/mol. The fraction of sp³-hybridized carbons (Fsp3) is 0.357. The summed E-state index contributed by atoms with van der Waals surface area (Å²) in [4.78, 5) is 12.0. The SMILES string of the molecule is CCNc1nnc(C(=O)NCC(C)c2ccccc2)s1. The van der Waals surface area contributed by atoms with Crippen LogP contribution in [-0.4, -0.2) is 29.2 Å². The van der Waals surface area contributed by atoms with E-state index in [4.69, 9.17) is 0 Å². The predicted octanol–water partition coefficient (Wildman–Crippen LogP) is 2.50. The number of hydrogen-bond donors (Lipinski definition) is 2. The van der Waals surface area contributed by atoms with Crippen molar-refractivity contribution in [3.8, 4) is 0 Å². The van der Waals surface area contributed by atoms with Crippen molar-refractivity contribution in [1.29, 1.82) is 0 Å². The highest BCUT2D eigenvalue weighted by atomic mass is 32.1. The number of rotatable bonds is 6. The van der Waals surface area contributed by atoms with Crippen LogP contribution in [0.5, 0.6) is 0 Å². The molecule has 0 radical (unpaired) electrons. The number of amides is 1. The van der Waals surface area contributed by atoms with Gasteiger partial charge in [-0.2, -0.15) is 0 Å². The van der Waals surface area contributed by atoms with Gasteiger partial charge in [-0.25, -0.2) is 0 Å². The average Bonchev–Trinajstić information content (AvgIpc) is 2.94. The second-order valence-electron chi connectivity index (χ2n) is 4.46. The van der Waals surface area contributed by atoms with Crippen LogP contribution in [-0.2, 0) is 0 Å². The summed E-state index contributed by atoms with van der Waals surface area (Å²) in [6, 6.07) is 10.1. The third kappa shape index (κ3) is 3.77. The van der Waals surface area contributed by atoms with Crippen LogP contribution in [0.25, 0.3) is 0 Å². The molecule has 20 heavy (non-hydrogen) atoms. The fourth-order valence-electron chi connectivity index (χ4n) is 1.76. The first-order chi connectivity index (χ1) is 9.70. The number of hydrogen-bond acceptors (Lipinski definition) is 5. The molecule has 1 heterocycles. The second kappa shape index (κ2) is 7.00.